The number of nitrogens with two attached hydrogens (primary N) is 1. The Morgan fingerprint density at radius 1 is 1.29 bits per heavy atom. The summed E-state index contributed by atoms with van der Waals surface area (Å²) in [6.07, 6.45) is 0. The highest BCUT2D eigenvalue weighted by Gasteiger charge is 2.23. The van der Waals surface area contributed by atoms with Crippen molar-refractivity contribution in [3.8, 4) is 0 Å². The zero-order chi connectivity index (χ0) is 16.4. The highest BCUT2D eigenvalue weighted by molar-refractivity contribution is 7.89. The van der Waals surface area contributed by atoms with Crippen LogP contribution < -0.4 is 10.5 Å². The van der Waals surface area contributed by atoms with Gasteiger partial charge in [0.15, 0.2) is 5.76 Å². The summed E-state index contributed by atoms with van der Waals surface area (Å²) in [6, 6.07) is 1.17. The topological polar surface area (TPSA) is 102 Å². The fraction of sp³-hybridized carbons (Fsp3) is 0.643. The summed E-state index contributed by atoms with van der Waals surface area (Å²) in [6.45, 7) is 10.4. The Bertz CT molecular complexity index is 594. The Morgan fingerprint density at radius 2 is 1.81 bits per heavy atom. The number of hydrogen-bond acceptors (Lipinski definition) is 4. The van der Waals surface area contributed by atoms with Gasteiger partial charge in [-0.25, -0.2) is 13.6 Å². The van der Waals surface area contributed by atoms with E-state index in [4.69, 9.17) is 9.56 Å². The van der Waals surface area contributed by atoms with Crippen LogP contribution >= 0.6 is 0 Å². The van der Waals surface area contributed by atoms with Crippen molar-refractivity contribution < 1.29 is 17.6 Å². The minimum atomic E-state index is -3.88. The monoisotopic (exact) mass is 316 g/mol. The standard InChI is InChI=1S/C14H24N2O4S/c1-8(2)11(9(3)4)7-16-14(17)12-6-13(10(5)20-12)21(15,18)19/h6,8-9,11H,7H2,1-5H3,(H,16,17)(H2,15,18,19). The van der Waals surface area contributed by atoms with Crippen molar-refractivity contribution in [3.63, 3.8) is 0 Å². The largest absolute Gasteiger partial charge is 0.455 e. The van der Waals surface area contributed by atoms with Crippen molar-refractivity contribution in [1.82, 2.24) is 5.32 Å². The van der Waals surface area contributed by atoms with Crippen LogP contribution in [0.1, 0.15) is 44.0 Å². The summed E-state index contributed by atoms with van der Waals surface area (Å²) in [7, 11) is -3.88. The third kappa shape index (κ3) is 4.57. The molecule has 7 heteroatoms. The molecule has 0 radical (unpaired) electrons. The molecule has 0 fully saturated rings. The maximum atomic E-state index is 12.0. The second-order valence-corrected chi connectivity index (χ2v) is 7.47. The number of primary sulfonamides is 1. The van der Waals surface area contributed by atoms with Crippen LogP contribution in [-0.2, 0) is 10.0 Å². The van der Waals surface area contributed by atoms with Crippen LogP contribution in [0.2, 0.25) is 0 Å². The number of aryl methyl sites for hydroxylation is 1. The predicted molar refractivity (Wildman–Crippen MR) is 80.3 cm³/mol. The molecular weight excluding hydrogens is 292 g/mol. The number of furan rings is 1. The molecule has 1 aromatic heterocycles. The number of amides is 1. The van der Waals surface area contributed by atoms with E-state index in [2.05, 4.69) is 33.0 Å². The molecular formula is C14H24N2O4S. The normalized spacial score (nSPS) is 12.4. The Morgan fingerprint density at radius 3 is 2.19 bits per heavy atom. The summed E-state index contributed by atoms with van der Waals surface area (Å²) in [5.41, 5.74) is 0. The first-order valence-electron chi connectivity index (χ1n) is 6.95. The Labute approximate surface area is 126 Å². The molecule has 0 saturated carbocycles. The number of nitrogens with one attached hydrogen (secondary N) is 1. The average Bonchev–Trinajstić information content (AvgIpc) is 2.70. The van der Waals surface area contributed by atoms with Gasteiger partial charge in [0, 0.05) is 12.6 Å². The lowest BCUT2D eigenvalue weighted by Crippen LogP contribution is -2.33. The van der Waals surface area contributed by atoms with Gasteiger partial charge in [-0.15, -0.1) is 0 Å². The van der Waals surface area contributed by atoms with Gasteiger partial charge in [0.2, 0.25) is 10.0 Å². The third-order valence-corrected chi connectivity index (χ3v) is 4.63. The first-order valence-corrected chi connectivity index (χ1v) is 8.50. The molecule has 0 aliphatic rings. The molecule has 1 heterocycles. The van der Waals surface area contributed by atoms with Gasteiger partial charge in [0.25, 0.3) is 5.91 Å². The van der Waals surface area contributed by atoms with Crippen LogP contribution in [0.5, 0.6) is 0 Å². The lowest BCUT2D eigenvalue weighted by atomic mass is 9.85. The fourth-order valence-electron chi connectivity index (χ4n) is 2.40. The second kappa shape index (κ2) is 6.62. The van der Waals surface area contributed by atoms with Crippen molar-refractivity contribution in [2.75, 3.05) is 6.54 Å². The van der Waals surface area contributed by atoms with E-state index < -0.39 is 15.9 Å². The summed E-state index contributed by atoms with van der Waals surface area (Å²) < 4.78 is 27.8. The van der Waals surface area contributed by atoms with E-state index in [1.54, 1.807) is 0 Å². The van der Waals surface area contributed by atoms with Crippen LogP contribution in [0.3, 0.4) is 0 Å². The molecule has 0 bridgehead atoms. The minimum absolute atomic E-state index is 0.0391. The van der Waals surface area contributed by atoms with Gasteiger partial charge in [0.1, 0.15) is 10.7 Å². The fourth-order valence-corrected chi connectivity index (χ4v) is 3.11. The van der Waals surface area contributed by atoms with Gasteiger partial charge in [0.05, 0.1) is 0 Å². The van der Waals surface area contributed by atoms with Crippen molar-refractivity contribution in [2.45, 2.75) is 39.5 Å². The average molecular weight is 316 g/mol. The first kappa shape index (κ1) is 17.7. The molecule has 0 atom stereocenters. The number of carbonyl (C=O) groups is 1. The molecule has 0 aliphatic carbocycles. The van der Waals surface area contributed by atoms with Gasteiger partial charge in [-0.1, -0.05) is 27.7 Å². The van der Waals surface area contributed by atoms with Gasteiger partial charge >= 0.3 is 0 Å². The van der Waals surface area contributed by atoms with E-state index in [1.807, 2.05) is 0 Å². The van der Waals surface area contributed by atoms with E-state index >= 15 is 0 Å². The molecule has 0 aromatic carbocycles. The lowest BCUT2D eigenvalue weighted by molar-refractivity contribution is 0.0908. The molecule has 1 amide bonds. The maximum Gasteiger partial charge on any atom is 0.287 e. The highest BCUT2D eigenvalue weighted by Crippen LogP contribution is 2.21. The van der Waals surface area contributed by atoms with E-state index in [0.29, 0.717) is 24.3 Å². The van der Waals surface area contributed by atoms with E-state index in [0.717, 1.165) is 0 Å². The SMILES string of the molecule is Cc1oc(C(=O)NCC(C(C)C)C(C)C)cc1S(N)(=O)=O. The van der Waals surface area contributed by atoms with Gasteiger partial charge in [-0.3, -0.25) is 4.79 Å². The summed E-state index contributed by atoms with van der Waals surface area (Å²) >= 11 is 0. The molecule has 6 nitrogen and oxygen atoms in total. The molecule has 3 N–H and O–H groups in total. The van der Waals surface area contributed by atoms with Gasteiger partial charge in [-0.2, -0.15) is 0 Å². The second-order valence-electron chi connectivity index (χ2n) is 5.94. The van der Waals surface area contributed by atoms with E-state index in [-0.39, 0.29) is 16.4 Å². The van der Waals surface area contributed by atoms with Crippen LogP contribution in [0, 0.1) is 24.7 Å². The number of sulfonamides is 1. The van der Waals surface area contributed by atoms with Crippen LogP contribution in [-0.4, -0.2) is 20.9 Å². The zero-order valence-electron chi connectivity index (χ0n) is 13.1. The molecule has 0 unspecified atom stereocenters. The van der Waals surface area contributed by atoms with Crippen LogP contribution in [0.25, 0.3) is 0 Å². The maximum absolute atomic E-state index is 12.0. The molecule has 1 aromatic rings. The molecule has 120 valence electrons. The number of rotatable bonds is 6. The summed E-state index contributed by atoms with van der Waals surface area (Å²) in [5, 5.41) is 7.84. The predicted octanol–water partition coefficient (Wildman–Crippen LogP) is 1.89. The molecule has 0 aliphatic heterocycles. The van der Waals surface area contributed by atoms with Crippen molar-refractivity contribution in [1.29, 1.82) is 0 Å². The summed E-state index contributed by atoms with van der Waals surface area (Å²) in [5.74, 6) is 0.851. The summed E-state index contributed by atoms with van der Waals surface area (Å²) in [4.78, 5) is 11.9. The smallest absolute Gasteiger partial charge is 0.287 e. The highest BCUT2D eigenvalue weighted by atomic mass is 32.2. The van der Waals surface area contributed by atoms with Crippen LogP contribution in [0.15, 0.2) is 15.4 Å². The Kier molecular flexibility index (Phi) is 5.58. The van der Waals surface area contributed by atoms with Crippen molar-refractivity contribution in [3.05, 3.63) is 17.6 Å². The van der Waals surface area contributed by atoms with Crippen molar-refractivity contribution in [2.24, 2.45) is 22.9 Å². The number of hydrogen-bond donors (Lipinski definition) is 2. The molecule has 0 spiro atoms. The quantitative estimate of drug-likeness (QED) is 0.836. The Balaban J connectivity index is 2.82. The molecule has 1 rings (SSSR count). The van der Waals surface area contributed by atoms with E-state index in [1.165, 1.54) is 13.0 Å². The Hall–Kier alpha value is -1.34. The lowest BCUT2D eigenvalue weighted by Gasteiger charge is -2.24. The first-order chi connectivity index (χ1) is 9.54. The van der Waals surface area contributed by atoms with Gasteiger partial charge in [-0.05, 0) is 24.7 Å². The minimum Gasteiger partial charge on any atom is -0.455 e. The zero-order valence-corrected chi connectivity index (χ0v) is 14.0. The van der Waals surface area contributed by atoms with Crippen molar-refractivity contribution >= 4 is 15.9 Å². The van der Waals surface area contributed by atoms with Crippen LogP contribution in [0.4, 0.5) is 0 Å². The molecule has 0 saturated heterocycles. The molecule has 21 heavy (non-hydrogen) atoms. The van der Waals surface area contributed by atoms with E-state index in [9.17, 15) is 13.2 Å². The van der Waals surface area contributed by atoms with Gasteiger partial charge < -0.3 is 9.73 Å². The number of carbonyl (C=O) groups excluding carboxylic acids is 1. The third-order valence-electron chi connectivity index (χ3n) is 3.61.